The van der Waals surface area contributed by atoms with Crippen molar-refractivity contribution in [2.45, 2.75) is 31.8 Å². The molecule has 0 spiro atoms. The van der Waals surface area contributed by atoms with Crippen LogP contribution in [0.5, 0.6) is 11.5 Å². The first-order valence-electron chi connectivity index (χ1n) is 8.89. The van der Waals surface area contributed by atoms with E-state index >= 15 is 0 Å². The second-order valence-corrected chi connectivity index (χ2v) is 7.35. The lowest BCUT2D eigenvalue weighted by atomic mass is 10.2. The number of hydrogen-bond acceptors (Lipinski definition) is 6. The maximum Gasteiger partial charge on any atom is 0.277 e. The largest absolute Gasteiger partial charge is 0.493 e. The van der Waals surface area contributed by atoms with Crippen LogP contribution in [0, 0.1) is 0 Å². The lowest BCUT2D eigenvalue weighted by Gasteiger charge is -2.17. The number of nitrogens with one attached hydrogen (secondary N) is 1. The molecular formula is C20H20N2O4S. The first kappa shape index (κ1) is 17.6. The molecule has 1 aromatic carbocycles. The molecule has 0 atom stereocenters. The number of nitrogens with zero attached hydrogens (tertiary/aromatic N) is 1. The Bertz CT molecular complexity index is 914. The van der Waals surface area contributed by atoms with Gasteiger partial charge >= 0.3 is 0 Å². The van der Waals surface area contributed by atoms with Gasteiger partial charge < -0.3 is 19.3 Å². The molecule has 1 N–H and O–H groups in total. The molecule has 0 unspecified atom stereocenters. The van der Waals surface area contributed by atoms with E-state index in [1.165, 1.54) is 24.2 Å². The van der Waals surface area contributed by atoms with Gasteiger partial charge in [-0.2, -0.15) is 0 Å². The number of aromatic nitrogens is 1. The van der Waals surface area contributed by atoms with E-state index in [0.717, 1.165) is 17.7 Å². The van der Waals surface area contributed by atoms with E-state index in [1.807, 2.05) is 17.5 Å². The van der Waals surface area contributed by atoms with Crippen LogP contribution in [-0.2, 0) is 0 Å². The first-order valence-corrected chi connectivity index (χ1v) is 9.77. The van der Waals surface area contributed by atoms with Gasteiger partial charge in [0.2, 0.25) is 0 Å². The number of thiophene rings is 1. The standard InChI is InChI=1S/C20H20N2O4S/c1-24-16-9-8-13(11-17(16)25-14-5-2-3-6-14)21-20(23)15-12-18(26-22-15)19-7-4-10-27-19/h4,7-12,14H,2-3,5-6H2,1H3,(H,21,23). The van der Waals surface area contributed by atoms with Gasteiger partial charge in [-0.05, 0) is 49.3 Å². The van der Waals surface area contributed by atoms with E-state index in [0.29, 0.717) is 22.9 Å². The van der Waals surface area contributed by atoms with E-state index in [4.69, 9.17) is 14.0 Å². The zero-order valence-electron chi connectivity index (χ0n) is 14.9. The molecule has 6 nitrogen and oxygen atoms in total. The molecule has 0 bridgehead atoms. The third kappa shape index (κ3) is 3.98. The Balaban J connectivity index is 1.49. The molecule has 4 rings (SSSR count). The summed E-state index contributed by atoms with van der Waals surface area (Å²) < 4.78 is 16.7. The highest BCUT2D eigenvalue weighted by Crippen LogP contribution is 2.34. The topological polar surface area (TPSA) is 73.6 Å². The maximum atomic E-state index is 12.5. The van der Waals surface area contributed by atoms with E-state index < -0.39 is 0 Å². The molecule has 0 saturated heterocycles. The van der Waals surface area contributed by atoms with Gasteiger partial charge in [-0.1, -0.05) is 11.2 Å². The second kappa shape index (κ2) is 7.84. The molecule has 1 aliphatic rings. The van der Waals surface area contributed by atoms with Crippen molar-refractivity contribution in [3.63, 3.8) is 0 Å². The Labute approximate surface area is 161 Å². The zero-order chi connectivity index (χ0) is 18.6. The van der Waals surface area contributed by atoms with Crippen LogP contribution in [0.3, 0.4) is 0 Å². The lowest BCUT2D eigenvalue weighted by molar-refractivity contribution is 0.101. The fraction of sp³-hybridized carbons (Fsp3) is 0.300. The number of methoxy groups -OCH3 is 1. The van der Waals surface area contributed by atoms with Gasteiger partial charge in [-0.15, -0.1) is 11.3 Å². The number of rotatable bonds is 6. The summed E-state index contributed by atoms with van der Waals surface area (Å²) in [5, 5.41) is 8.66. The van der Waals surface area contributed by atoms with E-state index in [2.05, 4.69) is 10.5 Å². The summed E-state index contributed by atoms with van der Waals surface area (Å²) in [6, 6.07) is 10.8. The number of anilines is 1. The predicted molar refractivity (Wildman–Crippen MR) is 104 cm³/mol. The number of carbonyl (C=O) groups is 1. The summed E-state index contributed by atoms with van der Waals surface area (Å²) >= 11 is 1.53. The summed E-state index contributed by atoms with van der Waals surface area (Å²) in [5.41, 5.74) is 0.849. The molecule has 1 fully saturated rings. The predicted octanol–water partition coefficient (Wildman–Crippen LogP) is 4.99. The van der Waals surface area contributed by atoms with Gasteiger partial charge in [-0.3, -0.25) is 4.79 Å². The zero-order valence-corrected chi connectivity index (χ0v) is 15.8. The molecule has 0 aliphatic heterocycles. The molecule has 2 aromatic heterocycles. The lowest BCUT2D eigenvalue weighted by Crippen LogP contribution is -2.14. The molecule has 140 valence electrons. The van der Waals surface area contributed by atoms with Crippen LogP contribution >= 0.6 is 11.3 Å². The van der Waals surface area contributed by atoms with Crippen LogP contribution in [0.1, 0.15) is 36.2 Å². The minimum Gasteiger partial charge on any atom is -0.493 e. The van der Waals surface area contributed by atoms with Crippen LogP contribution in [0.25, 0.3) is 10.6 Å². The number of hydrogen-bond donors (Lipinski definition) is 1. The molecule has 0 radical (unpaired) electrons. The monoisotopic (exact) mass is 384 g/mol. The fourth-order valence-electron chi connectivity index (χ4n) is 3.14. The van der Waals surface area contributed by atoms with Crippen LogP contribution < -0.4 is 14.8 Å². The maximum absolute atomic E-state index is 12.5. The SMILES string of the molecule is COc1ccc(NC(=O)c2cc(-c3cccs3)on2)cc1OC1CCCC1. The van der Waals surface area contributed by atoms with Crippen LogP contribution in [0.4, 0.5) is 5.69 Å². The first-order chi connectivity index (χ1) is 13.2. The van der Waals surface area contributed by atoms with Gasteiger partial charge in [-0.25, -0.2) is 0 Å². The highest BCUT2D eigenvalue weighted by Gasteiger charge is 2.20. The van der Waals surface area contributed by atoms with E-state index in [1.54, 1.807) is 31.4 Å². The summed E-state index contributed by atoms with van der Waals surface area (Å²) in [6.45, 7) is 0. The van der Waals surface area contributed by atoms with E-state index in [-0.39, 0.29) is 17.7 Å². The fourth-order valence-corrected chi connectivity index (χ4v) is 3.82. The Morgan fingerprint density at radius 2 is 2.07 bits per heavy atom. The average Bonchev–Trinajstić information content (AvgIpc) is 3.43. The summed E-state index contributed by atoms with van der Waals surface area (Å²) in [7, 11) is 1.61. The number of amides is 1. The Kier molecular flexibility index (Phi) is 5.11. The number of ether oxygens (including phenoxy) is 2. The highest BCUT2D eigenvalue weighted by molar-refractivity contribution is 7.13. The van der Waals surface area contributed by atoms with Crippen LogP contribution in [0.2, 0.25) is 0 Å². The van der Waals surface area contributed by atoms with Crippen molar-refractivity contribution < 1.29 is 18.8 Å². The molecule has 27 heavy (non-hydrogen) atoms. The normalized spacial score (nSPS) is 14.3. The number of carbonyl (C=O) groups excluding carboxylic acids is 1. The van der Waals surface area contributed by atoms with Gasteiger partial charge in [0.25, 0.3) is 5.91 Å². The van der Waals surface area contributed by atoms with Crippen molar-refractivity contribution in [3.05, 3.63) is 47.5 Å². The molecule has 1 amide bonds. The van der Waals surface area contributed by atoms with Crippen LogP contribution in [-0.4, -0.2) is 24.3 Å². The van der Waals surface area contributed by atoms with Crippen molar-refractivity contribution in [1.82, 2.24) is 5.16 Å². The minimum absolute atomic E-state index is 0.203. The Morgan fingerprint density at radius 1 is 1.22 bits per heavy atom. The number of benzene rings is 1. The summed E-state index contributed by atoms with van der Waals surface area (Å²) in [5.74, 6) is 1.54. The van der Waals surface area contributed by atoms with Crippen molar-refractivity contribution in [2.75, 3.05) is 12.4 Å². The smallest absolute Gasteiger partial charge is 0.277 e. The quantitative estimate of drug-likeness (QED) is 0.648. The Hall–Kier alpha value is -2.80. The molecule has 2 heterocycles. The second-order valence-electron chi connectivity index (χ2n) is 6.40. The molecule has 7 heteroatoms. The minimum atomic E-state index is -0.335. The molecular weight excluding hydrogens is 364 g/mol. The van der Waals surface area contributed by atoms with Gasteiger partial charge in [0.05, 0.1) is 18.1 Å². The van der Waals surface area contributed by atoms with Gasteiger partial charge in [0.1, 0.15) is 0 Å². The Morgan fingerprint density at radius 3 is 2.81 bits per heavy atom. The van der Waals surface area contributed by atoms with Crippen molar-refractivity contribution in [1.29, 1.82) is 0 Å². The van der Waals surface area contributed by atoms with Crippen LogP contribution in [0.15, 0.2) is 46.3 Å². The average molecular weight is 384 g/mol. The third-order valence-corrected chi connectivity index (χ3v) is 5.41. The van der Waals surface area contributed by atoms with Crippen molar-refractivity contribution >= 4 is 22.9 Å². The summed E-state index contributed by atoms with van der Waals surface area (Å²) in [6.07, 6.45) is 4.66. The van der Waals surface area contributed by atoms with E-state index in [9.17, 15) is 4.79 Å². The van der Waals surface area contributed by atoms with Gasteiger partial charge in [0.15, 0.2) is 23.0 Å². The molecule has 1 aliphatic carbocycles. The van der Waals surface area contributed by atoms with Crippen molar-refractivity contribution in [2.24, 2.45) is 0 Å². The molecule has 3 aromatic rings. The molecule has 1 saturated carbocycles. The van der Waals surface area contributed by atoms with Gasteiger partial charge in [0, 0.05) is 17.8 Å². The summed E-state index contributed by atoms with van der Waals surface area (Å²) in [4.78, 5) is 13.4. The van der Waals surface area contributed by atoms with Crippen molar-refractivity contribution in [3.8, 4) is 22.1 Å². The highest BCUT2D eigenvalue weighted by atomic mass is 32.1. The third-order valence-electron chi connectivity index (χ3n) is 4.52.